The number of carbonyl (C=O) groups excluding carboxylic acids is 3. The number of amides is 5. The molecule has 4 aliphatic heterocycles. The molecule has 240 valence electrons. The molecule has 5 amide bonds. The van der Waals surface area contributed by atoms with E-state index in [2.05, 4.69) is 26.8 Å². The number of anilines is 2. The molecule has 0 saturated carbocycles. The number of nitrogens with two attached hydrogens (primary N) is 1. The topological polar surface area (TPSA) is 126 Å². The number of carbonyl (C=O) groups is 3. The van der Waals surface area contributed by atoms with Gasteiger partial charge in [-0.3, -0.25) is 15.0 Å². The molecule has 5 heterocycles. The summed E-state index contributed by atoms with van der Waals surface area (Å²) in [4.78, 5) is 48.4. The van der Waals surface area contributed by atoms with Crippen LogP contribution in [-0.4, -0.2) is 108 Å². The summed E-state index contributed by atoms with van der Waals surface area (Å²) in [5.41, 5.74) is 8.69. The Hall–Kier alpha value is -3.50. The molecule has 0 spiro atoms. The van der Waals surface area contributed by atoms with Crippen LogP contribution in [0.2, 0.25) is 5.02 Å². The number of benzene rings is 1. The monoisotopic (exact) mass is 652 g/mol. The highest BCUT2D eigenvalue weighted by molar-refractivity contribution is 7.14. The summed E-state index contributed by atoms with van der Waals surface area (Å²) in [5, 5.41) is 12.7. The fraction of sp³-hybridized carbons (Fsp3) is 0.531. The molecule has 1 atom stereocenters. The van der Waals surface area contributed by atoms with Crippen molar-refractivity contribution in [2.24, 2.45) is 0 Å². The number of nitrogens with one attached hydrogen (secondary N) is 3. The molecular weight excluding hydrogens is 612 g/mol. The minimum Gasteiger partial charge on any atom is -0.397 e. The van der Waals surface area contributed by atoms with Crippen molar-refractivity contribution in [3.8, 4) is 12.3 Å². The third-order valence-electron chi connectivity index (χ3n) is 9.59. The Kier molecular flexibility index (Phi) is 9.70. The number of likely N-dealkylation sites (tertiary alicyclic amines) is 2. The standard InChI is InChI=1S/C32H41ClN8O3S/c1-2-22-17-21(18-26(33)28(22)34)19-27(30(42)39-10-3-24(4-11-39)38-14-8-35-9-15-38)36-31(43)40-12-5-25(6-13-40)41-20-23-7-16-45-29(23)37-32(41)44/h1,7,16-18,24-25,27,35H,3-6,8-15,19-20,34H2,(H,36,43)(H,37,44)/t27-/m1/s1. The Morgan fingerprint density at radius 2 is 1.76 bits per heavy atom. The molecule has 45 heavy (non-hydrogen) atoms. The van der Waals surface area contributed by atoms with Gasteiger partial charge in [-0.2, -0.15) is 0 Å². The summed E-state index contributed by atoms with van der Waals surface area (Å²) >= 11 is 7.92. The highest BCUT2D eigenvalue weighted by Crippen LogP contribution is 2.32. The van der Waals surface area contributed by atoms with Crippen molar-refractivity contribution in [3.05, 3.63) is 45.3 Å². The Balaban J connectivity index is 1.11. The lowest BCUT2D eigenvalue weighted by Gasteiger charge is -2.41. The van der Waals surface area contributed by atoms with Crippen LogP contribution in [-0.2, 0) is 17.8 Å². The van der Waals surface area contributed by atoms with Crippen LogP contribution in [0.1, 0.15) is 42.4 Å². The number of nitrogens with zero attached hydrogens (tertiary/aromatic N) is 4. The van der Waals surface area contributed by atoms with E-state index in [1.54, 1.807) is 17.0 Å². The Morgan fingerprint density at radius 3 is 2.47 bits per heavy atom. The van der Waals surface area contributed by atoms with E-state index >= 15 is 0 Å². The van der Waals surface area contributed by atoms with E-state index in [1.165, 1.54) is 11.3 Å². The fourth-order valence-electron chi connectivity index (χ4n) is 6.98. The van der Waals surface area contributed by atoms with E-state index < -0.39 is 6.04 Å². The maximum atomic E-state index is 14.0. The summed E-state index contributed by atoms with van der Waals surface area (Å²) in [6.45, 7) is 6.89. The van der Waals surface area contributed by atoms with Crippen molar-refractivity contribution in [3.63, 3.8) is 0 Å². The quantitative estimate of drug-likeness (QED) is 0.281. The first kappa shape index (κ1) is 31.5. The van der Waals surface area contributed by atoms with Crippen molar-refractivity contribution >= 4 is 51.6 Å². The molecule has 0 unspecified atom stereocenters. The number of hydrogen-bond acceptors (Lipinski definition) is 7. The number of piperidine rings is 2. The van der Waals surface area contributed by atoms with Crippen molar-refractivity contribution in [2.45, 2.75) is 56.8 Å². The number of fused-ring (bicyclic) bond motifs is 1. The lowest BCUT2D eigenvalue weighted by molar-refractivity contribution is -0.134. The van der Waals surface area contributed by atoms with Crippen LogP contribution in [0.3, 0.4) is 0 Å². The minimum atomic E-state index is -0.791. The summed E-state index contributed by atoms with van der Waals surface area (Å²) in [7, 11) is 0. The van der Waals surface area contributed by atoms with Crippen LogP contribution >= 0.6 is 22.9 Å². The van der Waals surface area contributed by atoms with E-state index in [1.807, 2.05) is 21.2 Å². The van der Waals surface area contributed by atoms with Crippen LogP contribution in [0.15, 0.2) is 23.6 Å². The van der Waals surface area contributed by atoms with E-state index in [0.29, 0.717) is 67.9 Å². The summed E-state index contributed by atoms with van der Waals surface area (Å²) in [6, 6.07) is 4.86. The number of thiophene rings is 1. The van der Waals surface area contributed by atoms with Gasteiger partial charge < -0.3 is 31.1 Å². The Morgan fingerprint density at radius 1 is 1.07 bits per heavy atom. The third kappa shape index (κ3) is 7.02. The third-order valence-corrected chi connectivity index (χ3v) is 10.8. The smallest absolute Gasteiger partial charge is 0.323 e. The Bertz CT molecular complexity index is 1450. The van der Waals surface area contributed by atoms with E-state index in [-0.39, 0.29) is 30.4 Å². The Labute approximate surface area is 273 Å². The van der Waals surface area contributed by atoms with E-state index in [4.69, 9.17) is 23.8 Å². The fourth-order valence-corrected chi connectivity index (χ4v) is 8.02. The number of terminal acetylenes is 1. The molecular formula is C32H41ClN8O3S. The molecule has 3 fully saturated rings. The SMILES string of the molecule is C#Cc1cc(C[C@@H](NC(=O)N2CCC(N3Cc4ccsc4NC3=O)CC2)C(=O)N2CCC(N3CCNCC3)CC2)cc(Cl)c1N. The number of hydrogen-bond donors (Lipinski definition) is 4. The molecule has 0 bridgehead atoms. The van der Waals surface area contributed by atoms with Crippen molar-refractivity contribution in [1.82, 2.24) is 30.2 Å². The van der Waals surface area contributed by atoms with Crippen molar-refractivity contribution in [1.29, 1.82) is 0 Å². The summed E-state index contributed by atoms with van der Waals surface area (Å²) in [5.74, 6) is 2.46. The molecule has 11 nitrogen and oxygen atoms in total. The van der Waals surface area contributed by atoms with Gasteiger partial charge in [0.15, 0.2) is 0 Å². The zero-order valence-electron chi connectivity index (χ0n) is 25.4. The first-order valence-corrected chi connectivity index (χ1v) is 17.0. The lowest BCUT2D eigenvalue weighted by atomic mass is 9.98. The number of urea groups is 2. The predicted octanol–water partition coefficient (Wildman–Crippen LogP) is 2.99. The molecule has 2 aromatic rings. The summed E-state index contributed by atoms with van der Waals surface area (Å²) in [6.07, 6.45) is 9.05. The molecule has 6 rings (SSSR count). The van der Waals surface area contributed by atoms with Gasteiger partial charge in [0.05, 0.1) is 17.3 Å². The molecule has 3 saturated heterocycles. The molecule has 0 aliphatic carbocycles. The highest BCUT2D eigenvalue weighted by atomic mass is 35.5. The molecule has 1 aromatic heterocycles. The predicted molar refractivity (Wildman–Crippen MR) is 177 cm³/mol. The first-order valence-electron chi connectivity index (χ1n) is 15.8. The van der Waals surface area contributed by atoms with Crippen LogP contribution in [0, 0.1) is 12.3 Å². The van der Waals surface area contributed by atoms with Crippen molar-refractivity contribution in [2.75, 3.05) is 63.4 Å². The minimum absolute atomic E-state index is 0.0376. The van der Waals surface area contributed by atoms with Crippen LogP contribution in [0.5, 0.6) is 0 Å². The van der Waals surface area contributed by atoms with Gasteiger partial charge in [0.2, 0.25) is 5.91 Å². The molecule has 4 aliphatic rings. The van der Waals surface area contributed by atoms with Gasteiger partial charge in [0.1, 0.15) is 11.0 Å². The maximum Gasteiger partial charge on any atom is 0.323 e. The second-order valence-electron chi connectivity index (χ2n) is 12.3. The maximum absolute atomic E-state index is 14.0. The van der Waals surface area contributed by atoms with E-state index in [9.17, 15) is 14.4 Å². The molecule has 5 N–H and O–H groups in total. The average Bonchev–Trinajstić information content (AvgIpc) is 3.53. The first-order chi connectivity index (χ1) is 21.8. The van der Waals surface area contributed by atoms with E-state index in [0.717, 1.165) is 55.1 Å². The van der Waals surface area contributed by atoms with Crippen molar-refractivity contribution < 1.29 is 14.4 Å². The van der Waals surface area contributed by atoms with Gasteiger partial charge in [0, 0.05) is 82.0 Å². The van der Waals surface area contributed by atoms with Crippen LogP contribution < -0.4 is 21.7 Å². The zero-order chi connectivity index (χ0) is 31.5. The normalized spacial score (nSPS) is 20.7. The number of nitrogen functional groups attached to an aromatic ring is 1. The summed E-state index contributed by atoms with van der Waals surface area (Å²) < 4.78 is 0. The zero-order valence-corrected chi connectivity index (χ0v) is 27.0. The van der Waals surface area contributed by atoms with Gasteiger partial charge in [-0.05, 0) is 54.8 Å². The number of halogens is 1. The molecule has 13 heteroatoms. The average molecular weight is 653 g/mol. The van der Waals surface area contributed by atoms with Gasteiger partial charge in [0.25, 0.3) is 0 Å². The highest BCUT2D eigenvalue weighted by Gasteiger charge is 2.36. The van der Waals surface area contributed by atoms with Gasteiger partial charge >= 0.3 is 12.1 Å². The van der Waals surface area contributed by atoms with Gasteiger partial charge in [-0.15, -0.1) is 17.8 Å². The number of rotatable bonds is 6. The van der Waals surface area contributed by atoms with Crippen LogP contribution in [0.25, 0.3) is 0 Å². The number of piperazine rings is 1. The van der Waals surface area contributed by atoms with Gasteiger partial charge in [-0.25, -0.2) is 9.59 Å². The van der Waals surface area contributed by atoms with Crippen LogP contribution in [0.4, 0.5) is 20.3 Å². The lowest BCUT2D eigenvalue weighted by Crippen LogP contribution is -2.58. The largest absolute Gasteiger partial charge is 0.397 e. The second kappa shape index (κ2) is 13.9. The molecule has 1 aromatic carbocycles. The van der Waals surface area contributed by atoms with Gasteiger partial charge in [-0.1, -0.05) is 17.5 Å². The molecule has 0 radical (unpaired) electrons. The second-order valence-corrected chi connectivity index (χ2v) is 13.6.